The third kappa shape index (κ3) is 3.10. The van der Waals surface area contributed by atoms with E-state index in [0.29, 0.717) is 16.9 Å². The van der Waals surface area contributed by atoms with Gasteiger partial charge in [-0.3, -0.25) is 4.79 Å². The fourth-order valence-electron chi connectivity index (χ4n) is 1.85. The minimum absolute atomic E-state index is 0.240. The second kappa shape index (κ2) is 5.52. The van der Waals surface area contributed by atoms with Gasteiger partial charge in [0.25, 0.3) is 5.91 Å². The average molecular weight is 258 g/mol. The number of halogens is 1. The van der Waals surface area contributed by atoms with E-state index >= 15 is 0 Å². The van der Waals surface area contributed by atoms with Gasteiger partial charge in [-0.1, -0.05) is 13.0 Å². The zero-order valence-electron chi connectivity index (χ0n) is 10.6. The van der Waals surface area contributed by atoms with Gasteiger partial charge in [0.2, 0.25) is 0 Å². The van der Waals surface area contributed by atoms with Crippen LogP contribution in [0.2, 0.25) is 0 Å². The lowest BCUT2D eigenvalue weighted by Gasteiger charge is -2.10. The second-order valence-electron chi connectivity index (χ2n) is 4.23. The van der Waals surface area contributed by atoms with Gasteiger partial charge in [-0.25, -0.2) is 4.39 Å². The van der Waals surface area contributed by atoms with E-state index in [1.54, 1.807) is 12.1 Å². The van der Waals surface area contributed by atoms with Crippen molar-refractivity contribution >= 4 is 17.3 Å². The zero-order chi connectivity index (χ0) is 13.8. The average Bonchev–Trinajstić information content (AvgIpc) is 2.41. The molecular formula is C15H15FN2O. The summed E-state index contributed by atoms with van der Waals surface area (Å²) in [5.74, 6) is -0.577. The van der Waals surface area contributed by atoms with Gasteiger partial charge in [-0.2, -0.15) is 0 Å². The van der Waals surface area contributed by atoms with Crippen molar-refractivity contribution in [3.63, 3.8) is 0 Å². The number of hydrogen-bond donors (Lipinski definition) is 2. The van der Waals surface area contributed by atoms with Crippen LogP contribution in [0.1, 0.15) is 22.8 Å². The fraction of sp³-hybridized carbons (Fsp3) is 0.133. The van der Waals surface area contributed by atoms with Crippen molar-refractivity contribution in [1.82, 2.24) is 0 Å². The van der Waals surface area contributed by atoms with Crippen LogP contribution in [0.3, 0.4) is 0 Å². The molecular weight excluding hydrogens is 243 g/mol. The van der Waals surface area contributed by atoms with Crippen LogP contribution in [0, 0.1) is 5.82 Å². The first-order valence-electron chi connectivity index (χ1n) is 6.05. The molecule has 0 aliphatic rings. The molecule has 3 N–H and O–H groups in total. The van der Waals surface area contributed by atoms with Crippen molar-refractivity contribution in [2.45, 2.75) is 13.3 Å². The van der Waals surface area contributed by atoms with E-state index in [2.05, 4.69) is 5.32 Å². The molecule has 2 rings (SSSR count). The molecule has 0 heterocycles. The summed E-state index contributed by atoms with van der Waals surface area (Å²) in [7, 11) is 0. The lowest BCUT2D eigenvalue weighted by Crippen LogP contribution is -2.14. The van der Waals surface area contributed by atoms with E-state index in [9.17, 15) is 9.18 Å². The third-order valence-electron chi connectivity index (χ3n) is 2.86. The van der Waals surface area contributed by atoms with Crippen LogP contribution in [-0.4, -0.2) is 5.91 Å². The summed E-state index contributed by atoms with van der Waals surface area (Å²) in [6.45, 7) is 1.97. The molecule has 0 aliphatic carbocycles. The molecule has 0 aromatic heterocycles. The number of carbonyl (C=O) groups excluding carboxylic acids is 1. The maximum Gasteiger partial charge on any atom is 0.256 e. The van der Waals surface area contributed by atoms with Crippen LogP contribution in [0.4, 0.5) is 15.8 Å². The Kier molecular flexibility index (Phi) is 3.80. The van der Waals surface area contributed by atoms with E-state index in [1.165, 1.54) is 24.3 Å². The van der Waals surface area contributed by atoms with Crippen molar-refractivity contribution in [3.8, 4) is 0 Å². The van der Waals surface area contributed by atoms with Gasteiger partial charge in [-0.05, 0) is 48.4 Å². The molecule has 0 unspecified atom stereocenters. The lowest BCUT2D eigenvalue weighted by atomic mass is 10.0. The summed E-state index contributed by atoms with van der Waals surface area (Å²) in [6.07, 6.45) is 0.743. The quantitative estimate of drug-likeness (QED) is 0.830. The molecule has 2 aromatic rings. The van der Waals surface area contributed by atoms with Crippen LogP contribution in [0.25, 0.3) is 0 Å². The predicted molar refractivity (Wildman–Crippen MR) is 74.6 cm³/mol. The van der Waals surface area contributed by atoms with Gasteiger partial charge in [0, 0.05) is 16.9 Å². The number of amides is 1. The van der Waals surface area contributed by atoms with Gasteiger partial charge in [0.15, 0.2) is 0 Å². The number of rotatable bonds is 3. The van der Waals surface area contributed by atoms with Crippen LogP contribution in [-0.2, 0) is 6.42 Å². The van der Waals surface area contributed by atoms with E-state index in [0.717, 1.165) is 12.0 Å². The molecule has 98 valence electrons. The molecule has 4 heteroatoms. The number of nitrogens with one attached hydrogen (secondary N) is 1. The highest BCUT2D eigenvalue weighted by atomic mass is 19.1. The molecule has 2 aromatic carbocycles. The molecule has 0 spiro atoms. The molecule has 0 saturated carbocycles. The first kappa shape index (κ1) is 13.1. The summed E-state index contributed by atoms with van der Waals surface area (Å²) in [4.78, 5) is 12.2. The van der Waals surface area contributed by atoms with Crippen LogP contribution in [0.5, 0.6) is 0 Å². The highest BCUT2D eigenvalue weighted by molar-refractivity contribution is 6.05. The van der Waals surface area contributed by atoms with Gasteiger partial charge < -0.3 is 11.1 Å². The Hall–Kier alpha value is -2.36. The number of nitrogens with two attached hydrogens (primary N) is 1. The molecule has 19 heavy (non-hydrogen) atoms. The normalized spacial score (nSPS) is 10.2. The molecule has 0 atom stereocenters. The second-order valence-corrected chi connectivity index (χ2v) is 4.23. The third-order valence-corrected chi connectivity index (χ3v) is 2.86. The summed E-state index contributed by atoms with van der Waals surface area (Å²) < 4.78 is 12.8. The van der Waals surface area contributed by atoms with Crippen molar-refractivity contribution < 1.29 is 9.18 Å². The Morgan fingerprint density at radius 3 is 2.53 bits per heavy atom. The first-order valence-corrected chi connectivity index (χ1v) is 6.05. The number of benzene rings is 2. The monoisotopic (exact) mass is 258 g/mol. The maximum absolute atomic E-state index is 12.8. The Bertz CT molecular complexity index is 594. The Morgan fingerprint density at radius 2 is 1.89 bits per heavy atom. The van der Waals surface area contributed by atoms with Gasteiger partial charge in [0.1, 0.15) is 5.82 Å². The van der Waals surface area contributed by atoms with E-state index < -0.39 is 0 Å². The SMILES string of the molecule is CCc1ccc(N)cc1C(=O)Nc1ccc(F)cc1. The first-order chi connectivity index (χ1) is 9.10. The summed E-state index contributed by atoms with van der Waals surface area (Å²) in [6, 6.07) is 10.9. The van der Waals surface area contributed by atoms with Gasteiger partial charge in [-0.15, -0.1) is 0 Å². The van der Waals surface area contributed by atoms with Crippen LogP contribution < -0.4 is 11.1 Å². The Labute approximate surface area is 111 Å². The highest BCUT2D eigenvalue weighted by Crippen LogP contribution is 2.17. The largest absolute Gasteiger partial charge is 0.399 e. The zero-order valence-corrected chi connectivity index (χ0v) is 10.6. The van der Waals surface area contributed by atoms with Crippen LogP contribution >= 0.6 is 0 Å². The number of aryl methyl sites for hydroxylation is 1. The van der Waals surface area contributed by atoms with Gasteiger partial charge in [0.05, 0.1) is 0 Å². The number of carbonyl (C=O) groups is 1. The number of anilines is 2. The fourth-order valence-corrected chi connectivity index (χ4v) is 1.85. The molecule has 0 aliphatic heterocycles. The van der Waals surface area contributed by atoms with Crippen LogP contribution in [0.15, 0.2) is 42.5 Å². The predicted octanol–water partition coefficient (Wildman–Crippen LogP) is 3.22. The topological polar surface area (TPSA) is 55.1 Å². The highest BCUT2D eigenvalue weighted by Gasteiger charge is 2.11. The molecule has 0 saturated heterocycles. The van der Waals surface area contributed by atoms with Crippen molar-refractivity contribution in [3.05, 3.63) is 59.4 Å². The Morgan fingerprint density at radius 1 is 1.21 bits per heavy atom. The smallest absolute Gasteiger partial charge is 0.256 e. The molecule has 0 bridgehead atoms. The lowest BCUT2D eigenvalue weighted by molar-refractivity contribution is 0.102. The van der Waals surface area contributed by atoms with Crippen molar-refractivity contribution in [2.75, 3.05) is 11.1 Å². The van der Waals surface area contributed by atoms with Crippen molar-refractivity contribution in [1.29, 1.82) is 0 Å². The van der Waals surface area contributed by atoms with Gasteiger partial charge >= 0.3 is 0 Å². The van der Waals surface area contributed by atoms with E-state index in [-0.39, 0.29) is 11.7 Å². The minimum Gasteiger partial charge on any atom is -0.399 e. The molecule has 0 fully saturated rings. The summed E-state index contributed by atoms with van der Waals surface area (Å²) in [5.41, 5.74) is 8.27. The maximum atomic E-state index is 12.8. The molecule has 3 nitrogen and oxygen atoms in total. The summed E-state index contributed by atoms with van der Waals surface area (Å²) in [5, 5.41) is 2.73. The summed E-state index contributed by atoms with van der Waals surface area (Å²) >= 11 is 0. The number of nitrogen functional groups attached to an aromatic ring is 1. The standard InChI is InChI=1S/C15H15FN2O/c1-2-10-3-6-12(17)9-14(10)15(19)18-13-7-4-11(16)5-8-13/h3-9H,2,17H2,1H3,(H,18,19). The van der Waals surface area contributed by atoms with E-state index in [1.807, 2.05) is 13.0 Å². The molecule has 1 amide bonds. The Balaban J connectivity index is 2.24. The van der Waals surface area contributed by atoms with Crippen molar-refractivity contribution in [2.24, 2.45) is 0 Å². The molecule has 0 radical (unpaired) electrons. The number of hydrogen-bond acceptors (Lipinski definition) is 2. The minimum atomic E-state index is -0.337. The van der Waals surface area contributed by atoms with E-state index in [4.69, 9.17) is 5.73 Å².